The molecule has 1 aliphatic heterocycles. The molecule has 8 nitrogen and oxygen atoms in total. The summed E-state index contributed by atoms with van der Waals surface area (Å²) in [5, 5.41) is 13.4. The first-order valence-corrected chi connectivity index (χ1v) is 13.0. The molecule has 0 atom stereocenters. The fourth-order valence-electron chi connectivity index (χ4n) is 4.50. The first-order chi connectivity index (χ1) is 18.7. The van der Waals surface area contributed by atoms with Crippen LogP contribution < -0.4 is 10.9 Å². The van der Waals surface area contributed by atoms with Gasteiger partial charge in [0.25, 0.3) is 11.5 Å². The zero-order chi connectivity index (χ0) is 27.7. The minimum atomic E-state index is -1.10. The van der Waals surface area contributed by atoms with Gasteiger partial charge in [0.15, 0.2) is 0 Å². The van der Waals surface area contributed by atoms with Crippen LogP contribution in [0.2, 0.25) is 10.0 Å². The zero-order valence-electron chi connectivity index (χ0n) is 20.9. The quantitative estimate of drug-likeness (QED) is 0.328. The molecule has 4 aromatic rings. The van der Waals surface area contributed by atoms with Crippen molar-refractivity contribution in [1.82, 2.24) is 14.5 Å². The molecule has 198 valence electrons. The van der Waals surface area contributed by atoms with Gasteiger partial charge in [-0.15, -0.1) is 0 Å². The second-order valence-electron chi connectivity index (χ2n) is 9.30. The van der Waals surface area contributed by atoms with Crippen LogP contribution in [0, 0.1) is 6.92 Å². The summed E-state index contributed by atoms with van der Waals surface area (Å²) in [6, 6.07) is 18.8. The molecule has 1 aliphatic rings. The number of benzene rings is 3. The van der Waals surface area contributed by atoms with E-state index in [1.807, 2.05) is 31.2 Å². The zero-order valence-corrected chi connectivity index (χ0v) is 22.5. The Balaban J connectivity index is 1.53. The number of anilines is 1. The van der Waals surface area contributed by atoms with Gasteiger partial charge in [0, 0.05) is 24.2 Å². The van der Waals surface area contributed by atoms with Crippen molar-refractivity contribution < 1.29 is 14.7 Å². The van der Waals surface area contributed by atoms with Crippen LogP contribution >= 0.6 is 23.2 Å². The summed E-state index contributed by atoms with van der Waals surface area (Å²) in [6.07, 6.45) is 0.297. The average Bonchev–Trinajstić information content (AvgIpc) is 2.93. The number of aromatic carboxylic acids is 1. The summed E-state index contributed by atoms with van der Waals surface area (Å²) in [7, 11) is 0. The van der Waals surface area contributed by atoms with Crippen molar-refractivity contribution in [1.29, 1.82) is 0 Å². The lowest BCUT2D eigenvalue weighted by atomic mass is 10.0. The lowest BCUT2D eigenvalue weighted by molar-refractivity contribution is 0.0695. The summed E-state index contributed by atoms with van der Waals surface area (Å²) < 4.78 is 1.40. The molecule has 0 saturated heterocycles. The topological polar surface area (TPSA) is 105 Å². The number of halogens is 2. The predicted octanol–water partition coefficient (Wildman–Crippen LogP) is 5.36. The van der Waals surface area contributed by atoms with Crippen molar-refractivity contribution >= 4 is 41.0 Å². The van der Waals surface area contributed by atoms with E-state index in [0.717, 1.165) is 11.1 Å². The lowest BCUT2D eigenvalue weighted by Crippen LogP contribution is -2.40. The van der Waals surface area contributed by atoms with E-state index >= 15 is 0 Å². The molecule has 2 N–H and O–H groups in total. The number of carboxylic acid groups (broad SMARTS) is 1. The number of rotatable bonds is 6. The summed E-state index contributed by atoms with van der Waals surface area (Å²) in [5.74, 6) is -1.08. The standard InChI is InChI=1S/C29H24Cl2N4O4/c1-17-5-7-18(8-6-17)15-32-29-33-25-16-34(26(36)19-9-10-23(30)24(31)14-19)12-11-22(25)27(37)35(29)21-4-2-3-20(13-21)28(38)39/h2-10,13-14H,11-12,15-16H2,1H3,(H,32,33)(H,38,39). The number of hydrogen-bond donors (Lipinski definition) is 2. The highest BCUT2D eigenvalue weighted by atomic mass is 35.5. The molecular formula is C29H24Cl2N4O4. The molecule has 0 fully saturated rings. The molecule has 5 rings (SSSR count). The van der Waals surface area contributed by atoms with Gasteiger partial charge in [-0.05, 0) is 55.3 Å². The number of fused-ring (bicyclic) bond motifs is 1. The minimum absolute atomic E-state index is 0.0556. The van der Waals surface area contributed by atoms with Crippen LogP contribution in [0.3, 0.4) is 0 Å². The Kier molecular flexibility index (Phi) is 7.41. The number of aromatic nitrogens is 2. The lowest BCUT2D eigenvalue weighted by Gasteiger charge is -2.29. The molecule has 0 bridgehead atoms. The molecule has 0 spiro atoms. The van der Waals surface area contributed by atoms with Crippen LogP contribution in [-0.2, 0) is 19.5 Å². The normalized spacial score (nSPS) is 12.6. The van der Waals surface area contributed by atoms with Crippen molar-refractivity contribution in [2.45, 2.75) is 26.4 Å². The Morgan fingerprint density at radius 2 is 1.77 bits per heavy atom. The maximum atomic E-state index is 13.8. The van der Waals surface area contributed by atoms with Gasteiger partial charge >= 0.3 is 5.97 Å². The van der Waals surface area contributed by atoms with Gasteiger partial charge in [-0.3, -0.25) is 9.59 Å². The van der Waals surface area contributed by atoms with Gasteiger partial charge in [0.1, 0.15) is 0 Å². The van der Waals surface area contributed by atoms with Gasteiger partial charge in [-0.1, -0.05) is 59.1 Å². The van der Waals surface area contributed by atoms with Crippen LogP contribution in [-0.4, -0.2) is 38.0 Å². The number of carbonyl (C=O) groups is 2. The second kappa shape index (κ2) is 10.9. The largest absolute Gasteiger partial charge is 0.478 e. The van der Waals surface area contributed by atoms with Crippen LogP contribution in [0.5, 0.6) is 0 Å². The van der Waals surface area contributed by atoms with Gasteiger partial charge in [-0.25, -0.2) is 14.3 Å². The minimum Gasteiger partial charge on any atom is -0.478 e. The SMILES string of the molecule is Cc1ccc(CNc2nc3c(c(=O)n2-c2cccc(C(=O)O)c2)CCN(C(=O)c2ccc(Cl)c(Cl)c2)C3)cc1. The monoisotopic (exact) mass is 562 g/mol. The third-order valence-corrected chi connectivity index (χ3v) is 7.35. The highest BCUT2D eigenvalue weighted by Gasteiger charge is 2.27. The van der Waals surface area contributed by atoms with Crippen LogP contribution in [0.15, 0.2) is 71.5 Å². The second-order valence-corrected chi connectivity index (χ2v) is 10.1. The van der Waals surface area contributed by atoms with E-state index < -0.39 is 5.97 Å². The first kappa shape index (κ1) is 26.5. The third kappa shape index (κ3) is 5.53. The van der Waals surface area contributed by atoms with Crippen molar-refractivity contribution in [3.8, 4) is 5.69 Å². The summed E-state index contributed by atoms with van der Waals surface area (Å²) >= 11 is 12.1. The van der Waals surface area contributed by atoms with E-state index in [0.29, 0.717) is 47.0 Å². The highest BCUT2D eigenvalue weighted by molar-refractivity contribution is 6.42. The smallest absolute Gasteiger partial charge is 0.335 e. The average molecular weight is 563 g/mol. The van der Waals surface area contributed by atoms with Crippen LogP contribution in [0.1, 0.15) is 43.1 Å². The molecule has 0 aliphatic carbocycles. The predicted molar refractivity (Wildman–Crippen MR) is 150 cm³/mol. The fourth-order valence-corrected chi connectivity index (χ4v) is 4.79. The molecule has 39 heavy (non-hydrogen) atoms. The molecule has 10 heteroatoms. The molecule has 0 unspecified atom stereocenters. The van der Waals surface area contributed by atoms with Gasteiger partial charge in [-0.2, -0.15) is 0 Å². The van der Waals surface area contributed by atoms with Gasteiger partial charge in [0.2, 0.25) is 5.95 Å². The number of hydrogen-bond acceptors (Lipinski definition) is 5. The summed E-state index contributed by atoms with van der Waals surface area (Å²) in [6.45, 7) is 2.84. The Hall–Kier alpha value is -4.14. The van der Waals surface area contributed by atoms with Crippen molar-refractivity contribution in [3.05, 3.63) is 121 Å². The highest BCUT2D eigenvalue weighted by Crippen LogP contribution is 2.26. The molecule has 3 aromatic carbocycles. The Labute approximate surface area is 234 Å². The van der Waals surface area contributed by atoms with E-state index in [-0.39, 0.29) is 34.5 Å². The van der Waals surface area contributed by atoms with E-state index in [9.17, 15) is 19.5 Å². The number of aryl methyl sites for hydroxylation is 1. The summed E-state index contributed by atoms with van der Waals surface area (Å²) in [4.78, 5) is 45.0. The van der Waals surface area contributed by atoms with Gasteiger partial charge < -0.3 is 15.3 Å². The molecule has 1 amide bonds. The maximum absolute atomic E-state index is 13.8. The number of amides is 1. The number of nitrogens with zero attached hydrogens (tertiary/aromatic N) is 3. The first-order valence-electron chi connectivity index (χ1n) is 12.2. The van der Waals surface area contributed by atoms with Crippen molar-refractivity contribution in [3.63, 3.8) is 0 Å². The Bertz CT molecular complexity index is 1650. The molecule has 0 radical (unpaired) electrons. The number of nitrogens with one attached hydrogen (secondary N) is 1. The van der Waals surface area contributed by atoms with E-state index in [4.69, 9.17) is 28.2 Å². The molecule has 0 saturated carbocycles. The Morgan fingerprint density at radius 1 is 1.00 bits per heavy atom. The van der Waals surface area contributed by atoms with Gasteiger partial charge in [0.05, 0.1) is 33.5 Å². The summed E-state index contributed by atoms with van der Waals surface area (Å²) in [5.41, 5.74) is 3.59. The molecule has 2 heterocycles. The molecular weight excluding hydrogens is 539 g/mol. The Morgan fingerprint density at radius 3 is 2.49 bits per heavy atom. The van der Waals surface area contributed by atoms with E-state index in [1.54, 1.807) is 29.2 Å². The van der Waals surface area contributed by atoms with E-state index in [2.05, 4.69) is 5.32 Å². The number of carboxylic acids is 1. The third-order valence-electron chi connectivity index (χ3n) is 6.61. The van der Waals surface area contributed by atoms with Crippen LogP contribution in [0.25, 0.3) is 5.69 Å². The van der Waals surface area contributed by atoms with Crippen molar-refractivity contribution in [2.75, 3.05) is 11.9 Å². The fraction of sp³-hybridized carbons (Fsp3) is 0.172. The number of carbonyl (C=O) groups excluding carboxylic acids is 1. The molecule has 1 aromatic heterocycles. The van der Waals surface area contributed by atoms with Crippen molar-refractivity contribution in [2.24, 2.45) is 0 Å². The maximum Gasteiger partial charge on any atom is 0.335 e. The van der Waals surface area contributed by atoms with E-state index in [1.165, 1.54) is 22.8 Å². The van der Waals surface area contributed by atoms with Crippen LogP contribution in [0.4, 0.5) is 5.95 Å².